The Hall–Kier alpha value is -3.84. The van der Waals surface area contributed by atoms with Gasteiger partial charge >= 0.3 is 5.97 Å². The number of hydrogen-bond donors (Lipinski definition) is 2. The Morgan fingerprint density at radius 1 is 1.19 bits per heavy atom. The van der Waals surface area contributed by atoms with Gasteiger partial charge in [0.1, 0.15) is 12.4 Å². The Balaban J connectivity index is 0.00000102. The van der Waals surface area contributed by atoms with Crippen molar-refractivity contribution >= 4 is 44.7 Å². The standard InChI is InChI=1S/C23H27N5O5S.CH2O2/c1-3-32-23(29)22-18-6-4-16(27-10-8-24-9-11-27)14-20(18)28(25-22)34(30,31)17-5-7-19-21(15-17)33-13-12-26(19)2;2-1-3/h4-7,14-15,24H,3,8-13H2,1-2H3;1H,(H,2,3). The highest BCUT2D eigenvalue weighted by atomic mass is 32.2. The molecular weight excluding hydrogens is 502 g/mol. The Morgan fingerprint density at radius 2 is 1.92 bits per heavy atom. The molecule has 12 nitrogen and oxygen atoms in total. The van der Waals surface area contributed by atoms with Crippen LogP contribution in [0.3, 0.4) is 0 Å². The molecule has 0 bridgehead atoms. The molecule has 2 N–H and O–H groups in total. The number of nitrogens with zero attached hydrogens (tertiary/aromatic N) is 4. The van der Waals surface area contributed by atoms with Gasteiger partial charge in [-0.3, -0.25) is 4.79 Å². The molecule has 0 atom stereocenters. The molecule has 37 heavy (non-hydrogen) atoms. The minimum absolute atomic E-state index is 0.0266. The first-order valence-electron chi connectivity index (χ1n) is 11.8. The topological polar surface area (TPSA) is 143 Å². The number of piperazine rings is 1. The van der Waals surface area contributed by atoms with E-state index in [2.05, 4.69) is 15.3 Å². The van der Waals surface area contributed by atoms with Crippen LogP contribution >= 0.6 is 0 Å². The number of hydrogen-bond acceptors (Lipinski definition) is 10. The molecule has 1 aromatic heterocycles. The molecule has 5 rings (SSSR count). The number of rotatable bonds is 5. The second-order valence-corrected chi connectivity index (χ2v) is 10.1. The number of carbonyl (C=O) groups excluding carboxylic acids is 1. The van der Waals surface area contributed by atoms with Crippen molar-refractivity contribution in [1.82, 2.24) is 14.5 Å². The number of carbonyl (C=O) groups is 2. The van der Waals surface area contributed by atoms with Gasteiger partial charge in [0, 0.05) is 50.4 Å². The van der Waals surface area contributed by atoms with Gasteiger partial charge in [-0.15, -0.1) is 5.10 Å². The fourth-order valence-corrected chi connectivity index (χ4v) is 5.62. The van der Waals surface area contributed by atoms with Gasteiger partial charge in [-0.05, 0) is 37.3 Å². The fourth-order valence-electron chi connectivity index (χ4n) is 4.33. The minimum atomic E-state index is -4.12. The number of esters is 1. The van der Waals surface area contributed by atoms with Crippen molar-refractivity contribution in [1.29, 1.82) is 0 Å². The van der Waals surface area contributed by atoms with E-state index in [0.717, 1.165) is 48.2 Å². The van der Waals surface area contributed by atoms with Crippen molar-refractivity contribution < 1.29 is 32.6 Å². The summed E-state index contributed by atoms with van der Waals surface area (Å²) < 4.78 is 39.3. The molecule has 0 unspecified atom stereocenters. The van der Waals surface area contributed by atoms with Gasteiger partial charge in [0.05, 0.1) is 29.3 Å². The number of anilines is 2. The third-order valence-electron chi connectivity index (χ3n) is 6.14. The van der Waals surface area contributed by atoms with Crippen LogP contribution in [0.2, 0.25) is 0 Å². The lowest BCUT2D eigenvalue weighted by Crippen LogP contribution is -2.43. The summed E-state index contributed by atoms with van der Waals surface area (Å²) >= 11 is 0. The largest absolute Gasteiger partial charge is 0.490 e. The number of nitrogens with one attached hydrogen (secondary N) is 1. The van der Waals surface area contributed by atoms with Crippen LogP contribution < -0.4 is 19.9 Å². The highest BCUT2D eigenvalue weighted by Crippen LogP contribution is 2.35. The molecule has 0 spiro atoms. The third kappa shape index (κ3) is 5.18. The summed E-state index contributed by atoms with van der Waals surface area (Å²) in [5.74, 6) is -0.162. The van der Waals surface area contributed by atoms with Crippen LogP contribution in [0.1, 0.15) is 17.4 Å². The summed E-state index contributed by atoms with van der Waals surface area (Å²) in [5, 5.41) is 14.9. The number of ether oxygens (including phenoxy) is 2. The smallest absolute Gasteiger partial charge is 0.359 e. The number of aromatic nitrogens is 2. The van der Waals surface area contributed by atoms with Crippen molar-refractivity contribution in [3.63, 3.8) is 0 Å². The van der Waals surface area contributed by atoms with Gasteiger partial charge in [0.15, 0.2) is 5.69 Å². The number of benzene rings is 2. The summed E-state index contributed by atoms with van der Waals surface area (Å²) in [6.45, 7) is 6.08. The van der Waals surface area contributed by atoms with Crippen LogP contribution in [0, 0.1) is 0 Å². The van der Waals surface area contributed by atoms with E-state index < -0.39 is 16.0 Å². The first kappa shape index (κ1) is 26.2. The quantitative estimate of drug-likeness (QED) is 0.364. The Bertz CT molecular complexity index is 1400. The predicted molar refractivity (Wildman–Crippen MR) is 137 cm³/mol. The molecule has 0 aliphatic carbocycles. The van der Waals surface area contributed by atoms with Crippen molar-refractivity contribution in [2.24, 2.45) is 0 Å². The van der Waals surface area contributed by atoms with E-state index >= 15 is 0 Å². The summed E-state index contributed by atoms with van der Waals surface area (Å²) in [4.78, 5) is 25.2. The first-order chi connectivity index (χ1) is 17.8. The van der Waals surface area contributed by atoms with Gasteiger partial charge in [0.25, 0.3) is 16.5 Å². The monoisotopic (exact) mass is 531 g/mol. The molecule has 1 fully saturated rings. The van der Waals surface area contributed by atoms with Gasteiger partial charge in [0.2, 0.25) is 0 Å². The average molecular weight is 532 g/mol. The van der Waals surface area contributed by atoms with E-state index in [9.17, 15) is 13.2 Å². The molecule has 0 amide bonds. The molecule has 2 aromatic carbocycles. The summed E-state index contributed by atoms with van der Waals surface area (Å²) in [7, 11) is -2.19. The Kier molecular flexibility index (Phi) is 7.83. The molecule has 0 saturated carbocycles. The fraction of sp³-hybridized carbons (Fsp3) is 0.375. The van der Waals surface area contributed by atoms with E-state index in [1.165, 1.54) is 12.1 Å². The van der Waals surface area contributed by atoms with Crippen LogP contribution in [-0.2, 0) is 19.6 Å². The lowest BCUT2D eigenvalue weighted by molar-refractivity contribution is -0.122. The maximum absolute atomic E-state index is 13.8. The molecule has 3 heterocycles. The highest BCUT2D eigenvalue weighted by Gasteiger charge is 2.28. The van der Waals surface area contributed by atoms with E-state index in [1.807, 2.05) is 18.0 Å². The van der Waals surface area contributed by atoms with Gasteiger partial charge in [-0.1, -0.05) is 0 Å². The van der Waals surface area contributed by atoms with Gasteiger partial charge in [-0.2, -0.15) is 12.5 Å². The van der Waals surface area contributed by atoms with Gasteiger partial charge < -0.3 is 29.7 Å². The summed E-state index contributed by atoms with van der Waals surface area (Å²) in [5.41, 5.74) is 2.00. The predicted octanol–water partition coefficient (Wildman–Crippen LogP) is 1.39. The third-order valence-corrected chi connectivity index (χ3v) is 7.72. The Labute approximate surface area is 214 Å². The number of carboxylic acid groups (broad SMARTS) is 1. The zero-order chi connectivity index (χ0) is 26.6. The lowest BCUT2D eigenvalue weighted by Gasteiger charge is -2.29. The first-order valence-corrected chi connectivity index (χ1v) is 13.2. The molecular formula is C24H29N5O7S. The summed E-state index contributed by atoms with van der Waals surface area (Å²) in [6, 6.07) is 10.2. The average Bonchev–Trinajstić information content (AvgIpc) is 3.30. The molecule has 3 aromatic rings. The van der Waals surface area contributed by atoms with Crippen molar-refractivity contribution in [2.75, 3.05) is 62.8 Å². The van der Waals surface area contributed by atoms with Crippen LogP contribution in [0.5, 0.6) is 5.75 Å². The van der Waals surface area contributed by atoms with Crippen LogP contribution in [0.25, 0.3) is 10.9 Å². The van der Waals surface area contributed by atoms with Crippen molar-refractivity contribution in [3.05, 3.63) is 42.1 Å². The van der Waals surface area contributed by atoms with Crippen molar-refractivity contribution in [3.8, 4) is 5.75 Å². The molecule has 2 aliphatic heterocycles. The van der Waals surface area contributed by atoms with Crippen LogP contribution in [-0.4, -0.2) is 88.1 Å². The van der Waals surface area contributed by atoms with E-state index in [0.29, 0.717) is 23.3 Å². The molecule has 2 aliphatic rings. The molecule has 13 heteroatoms. The van der Waals surface area contributed by atoms with E-state index in [-0.39, 0.29) is 23.7 Å². The molecule has 1 saturated heterocycles. The highest BCUT2D eigenvalue weighted by molar-refractivity contribution is 7.90. The maximum atomic E-state index is 13.8. The molecule has 198 valence electrons. The minimum Gasteiger partial charge on any atom is -0.490 e. The Morgan fingerprint density at radius 3 is 2.62 bits per heavy atom. The maximum Gasteiger partial charge on any atom is 0.359 e. The second kappa shape index (κ2) is 11.0. The zero-order valence-corrected chi connectivity index (χ0v) is 21.4. The second-order valence-electron chi connectivity index (χ2n) is 8.36. The number of fused-ring (bicyclic) bond motifs is 2. The zero-order valence-electron chi connectivity index (χ0n) is 20.6. The normalized spacial score (nSPS) is 15.3. The van der Waals surface area contributed by atoms with Crippen LogP contribution in [0.15, 0.2) is 41.3 Å². The van der Waals surface area contributed by atoms with Crippen molar-refractivity contribution in [2.45, 2.75) is 11.8 Å². The van der Waals surface area contributed by atoms with Gasteiger partial charge in [-0.25, -0.2) is 4.79 Å². The van der Waals surface area contributed by atoms with Crippen LogP contribution in [0.4, 0.5) is 11.4 Å². The van der Waals surface area contributed by atoms with E-state index in [1.54, 1.807) is 25.1 Å². The number of likely N-dealkylation sites (N-methyl/N-ethyl adjacent to an activating group) is 1. The molecule has 0 radical (unpaired) electrons. The van der Waals surface area contributed by atoms with E-state index in [4.69, 9.17) is 19.4 Å². The lowest BCUT2D eigenvalue weighted by atomic mass is 10.1. The SMILES string of the molecule is CCOC(=O)c1nn(S(=O)(=O)c2ccc3c(c2)OCCN3C)c2cc(N3CCNCC3)ccc12.O=CO. The summed E-state index contributed by atoms with van der Waals surface area (Å²) in [6.07, 6.45) is 0.